The Balaban J connectivity index is 0.000000121. The maximum atomic E-state index is 12.8. The van der Waals surface area contributed by atoms with Gasteiger partial charge in [-0.3, -0.25) is 48.9 Å². The number of para-hydroxylation sites is 1. The third-order valence-corrected chi connectivity index (χ3v) is 34.3. The highest BCUT2D eigenvalue weighted by Gasteiger charge is 2.59. The average molecular weight is 2010 g/mol. The van der Waals surface area contributed by atoms with Gasteiger partial charge in [-0.1, -0.05) is 58.2 Å². The van der Waals surface area contributed by atoms with Crippen LogP contribution in [0.3, 0.4) is 0 Å². The zero-order chi connectivity index (χ0) is 102. The van der Waals surface area contributed by atoms with Gasteiger partial charge in [0.05, 0.1) is 18.6 Å². The van der Waals surface area contributed by atoms with Gasteiger partial charge in [0.25, 0.3) is 17.7 Å². The number of benzene rings is 1. The molecule has 147 heavy (non-hydrogen) atoms. The van der Waals surface area contributed by atoms with E-state index in [1.54, 1.807) is 67.8 Å². The highest BCUT2D eigenvalue weighted by atomic mass is 16.4. The number of urea groups is 5. The molecule has 34 nitrogen and oxygen atoms in total. The van der Waals surface area contributed by atoms with E-state index in [4.69, 9.17) is 13.3 Å². The van der Waals surface area contributed by atoms with Gasteiger partial charge in [-0.15, -0.1) is 0 Å². The summed E-state index contributed by atoms with van der Waals surface area (Å²) in [5.41, 5.74) is 8.59. The number of nitrogens with zero attached hydrogens (tertiary/aromatic N) is 13. The van der Waals surface area contributed by atoms with Gasteiger partial charge in [0.15, 0.2) is 34.0 Å². The number of aromatic nitrogens is 5. The number of likely N-dealkylation sites (tertiary alicyclic amines) is 6. The average Bonchev–Trinajstić information content (AvgIpc) is 1.60. The van der Waals surface area contributed by atoms with Gasteiger partial charge >= 0.3 is 30.2 Å². The topological polar surface area (TPSA) is 397 Å². The number of piperidine rings is 6. The Morgan fingerprint density at radius 2 is 0.769 bits per heavy atom. The van der Waals surface area contributed by atoms with Crippen molar-refractivity contribution in [2.45, 2.75) is 240 Å². The molecule has 34 heteroatoms. The number of furan rings is 3. The van der Waals surface area contributed by atoms with E-state index < -0.39 is 0 Å². The lowest BCUT2D eigenvalue weighted by Crippen LogP contribution is -2.48. The number of fused-ring (bicyclic) bond motifs is 5. The lowest BCUT2D eigenvalue weighted by atomic mass is 9.90. The fraction of sp³-hybridized carbons (Fsp3) is 0.584. The molecule has 4 atom stereocenters. The molecular weight excluding hydrogens is 1860 g/mol. The minimum atomic E-state index is -0.187. The highest BCUT2D eigenvalue weighted by Crippen LogP contribution is 2.62. The third kappa shape index (κ3) is 26.7. The molecule has 8 aliphatic heterocycles. The summed E-state index contributed by atoms with van der Waals surface area (Å²) in [6.45, 7) is 28.2. The van der Waals surface area contributed by atoms with Crippen LogP contribution in [0.2, 0.25) is 0 Å². The number of carbonyl (C=O) groups is 10. The molecule has 786 valence electrons. The van der Waals surface area contributed by atoms with Crippen LogP contribution in [0.5, 0.6) is 0 Å². The predicted molar refractivity (Wildman–Crippen MR) is 560 cm³/mol. The van der Waals surface area contributed by atoms with Crippen LogP contribution < -0.4 is 42.5 Å². The standard InChI is InChI=1S/C26H41N5O2.C23H30N4O3.C23H24N4O3.C21H30N4O2.C20H26N4O3/c1-20(2)29-12-8-22(9-13-29)16-25(32)30-14-6-21(7-15-30)4-3-10-28-26(33)31-18-23-5-11-27-17-24(23)19-31;2*28-21(19-12-16-6-9-24-15-20(16)30-19)25-14-17-13-23(17)7-10-27(11-8-23)22(29)26-18-4-2-1-3-5-18;1-15(2)9-19(26)24-7-4-21(5-8-24)10-18(21)12-23-20(27)25-13-16-3-6-22-11-17(16)14-25;1-2-6-22-19(26)24-8-4-20(5-9-24)11-15(20)12-23-18(25)16-10-14-3-7-21-13-17(14)27-16/h5,11,17,20-22H,3-4,6-10,12-16,18-19H2,1-2H3,(H,28,33);6,9,12,15,17-18H,1-5,7-8,10-11,13-14H2,(H,25,28)(H,26,29);1-6,9,12,15,17H,7-8,10-11,13-14H2,(H,25,28)(H,26,29);3,6,11,15,18H,4-5,7-10,12-14H2,1-2H3,(H,23,27);3,7,10,13,15H,2,4-6,8-9,11-12H2,1H3,(H,22,26)(H,23,25). The maximum absolute atomic E-state index is 12.8. The normalized spacial score (nSPS) is 21.3. The molecule has 0 bridgehead atoms. The number of nitrogens with one attached hydrogen (secondary N) is 8. The largest absolute Gasteiger partial charge is 0.449 e. The second-order valence-corrected chi connectivity index (χ2v) is 44.7. The lowest BCUT2D eigenvalue weighted by molar-refractivity contribution is -0.134. The van der Waals surface area contributed by atoms with Crippen LogP contribution in [0.4, 0.5) is 29.7 Å². The van der Waals surface area contributed by atoms with Crippen molar-refractivity contribution >= 4 is 98.3 Å². The molecule has 8 N–H and O–H groups in total. The van der Waals surface area contributed by atoms with Crippen LogP contribution in [-0.2, 0) is 35.8 Å². The summed E-state index contributed by atoms with van der Waals surface area (Å²) in [7, 11) is 0. The fourth-order valence-corrected chi connectivity index (χ4v) is 24.2. The second-order valence-electron chi connectivity index (χ2n) is 44.7. The van der Waals surface area contributed by atoms with E-state index >= 15 is 0 Å². The molecule has 4 unspecified atom stereocenters. The van der Waals surface area contributed by atoms with E-state index in [0.717, 1.165) is 266 Å². The number of carbonyl (C=O) groups excluding carboxylic acids is 10. The van der Waals surface area contributed by atoms with E-state index in [9.17, 15) is 47.9 Å². The summed E-state index contributed by atoms with van der Waals surface area (Å²) in [6, 6.07) is 25.4. The van der Waals surface area contributed by atoms with Gasteiger partial charge in [-0.05, 0) is 308 Å². The van der Waals surface area contributed by atoms with E-state index in [1.165, 1.54) is 36.8 Å². The summed E-state index contributed by atoms with van der Waals surface area (Å²) in [4.78, 5) is 161. The SMILES string of the molecule is CC(C)CC(=O)N1CCC2(CC1)CC2CNC(=O)N1Cc2ccncc2C1.CC(C)N1CCC(CC(=O)N2CCC(CCCNC(=O)N3Cc4ccncc4C3)CC2)CC1.CCCNC(=O)N1CCC2(CC1)CC2CNC(=O)c1cc2ccncc2o1.O=C(NCC1CC12CCN(C(=O)NC1CCCCC1)CC2)c1cc2ccncc2o1.O=C(NCC1CC12CCN(C(=O)Nc1ccccc1)CC2)c1cc2ccncc2o1. The van der Waals surface area contributed by atoms with E-state index in [-0.39, 0.29) is 53.3 Å². The summed E-state index contributed by atoms with van der Waals surface area (Å²) in [5.74, 6) is 4.79. The van der Waals surface area contributed by atoms with Gasteiger partial charge in [0, 0.05) is 221 Å². The Hall–Kier alpha value is -12.8. The number of hydrogen-bond donors (Lipinski definition) is 8. The molecular formula is C113H151N21O13. The summed E-state index contributed by atoms with van der Waals surface area (Å²) in [6.07, 6.45) is 44.9. The smallest absolute Gasteiger partial charge is 0.321 e. The molecule has 5 aliphatic carbocycles. The molecule has 1 aromatic carbocycles. The van der Waals surface area contributed by atoms with Gasteiger partial charge in [0.2, 0.25) is 11.8 Å². The molecule has 4 spiro atoms. The van der Waals surface area contributed by atoms with Crippen molar-refractivity contribution in [3.05, 3.63) is 180 Å². The van der Waals surface area contributed by atoms with Crippen LogP contribution in [-0.4, -0.2) is 254 Å². The second kappa shape index (κ2) is 47.6. The van der Waals surface area contributed by atoms with E-state index in [2.05, 4.69) is 112 Å². The lowest BCUT2D eigenvalue weighted by Gasteiger charge is -2.36. The van der Waals surface area contributed by atoms with Gasteiger partial charge < -0.3 is 95.0 Å². The Morgan fingerprint density at radius 1 is 0.381 bits per heavy atom. The molecule has 22 rings (SSSR count). The van der Waals surface area contributed by atoms with Crippen LogP contribution >= 0.6 is 0 Å². The third-order valence-electron chi connectivity index (χ3n) is 34.3. The number of hydrogen-bond acceptors (Lipinski definition) is 19. The van der Waals surface area contributed by atoms with Crippen molar-refractivity contribution in [3.8, 4) is 0 Å². The van der Waals surface area contributed by atoms with E-state index in [1.807, 2.05) is 102 Å². The predicted octanol–water partition coefficient (Wildman–Crippen LogP) is 16.8. The van der Waals surface area contributed by atoms with Crippen molar-refractivity contribution in [3.63, 3.8) is 0 Å². The molecule has 6 saturated heterocycles. The van der Waals surface area contributed by atoms with Crippen LogP contribution in [0.15, 0.2) is 154 Å². The number of pyridine rings is 5. The summed E-state index contributed by atoms with van der Waals surface area (Å²) < 4.78 is 16.7. The quantitative estimate of drug-likeness (QED) is 0.0260. The van der Waals surface area contributed by atoms with Crippen molar-refractivity contribution in [2.75, 3.05) is 123 Å². The molecule has 0 radical (unpaired) electrons. The van der Waals surface area contributed by atoms with Crippen LogP contribution in [0.25, 0.3) is 32.9 Å². The first-order chi connectivity index (χ1) is 71.3. The molecule has 11 fully saturated rings. The number of anilines is 1. The minimum absolute atomic E-state index is 0.0193. The highest BCUT2D eigenvalue weighted by molar-refractivity contribution is 5.98. The fourth-order valence-electron chi connectivity index (χ4n) is 24.2. The molecule has 9 aromatic rings. The van der Waals surface area contributed by atoms with Crippen molar-refractivity contribution in [1.82, 2.24) is 101 Å². The molecule has 13 aliphatic rings. The van der Waals surface area contributed by atoms with E-state index in [0.29, 0.717) is 168 Å². The minimum Gasteiger partial charge on any atom is -0.449 e. The Morgan fingerprint density at radius 3 is 1.20 bits per heavy atom. The molecule has 15 amide bonds. The summed E-state index contributed by atoms with van der Waals surface area (Å²) in [5, 5.41) is 27.1. The first kappa shape index (κ1) is 104. The number of rotatable bonds is 24. The number of amides is 15. The summed E-state index contributed by atoms with van der Waals surface area (Å²) >= 11 is 0. The molecule has 5 saturated carbocycles. The van der Waals surface area contributed by atoms with Crippen LogP contribution in [0, 0.1) is 63.1 Å². The van der Waals surface area contributed by atoms with Crippen LogP contribution in [0.1, 0.15) is 255 Å². The zero-order valence-electron chi connectivity index (χ0n) is 86.5. The molecule has 8 aromatic heterocycles. The van der Waals surface area contributed by atoms with Crippen molar-refractivity contribution in [2.24, 2.45) is 63.1 Å². The maximum Gasteiger partial charge on any atom is 0.321 e. The van der Waals surface area contributed by atoms with Gasteiger partial charge in [-0.25, -0.2) is 24.0 Å². The first-order valence-corrected chi connectivity index (χ1v) is 54.6. The monoisotopic (exact) mass is 2010 g/mol. The first-order valence-electron chi connectivity index (χ1n) is 54.6. The van der Waals surface area contributed by atoms with Gasteiger partial charge in [-0.2, -0.15) is 0 Å². The Kier molecular flexibility index (Phi) is 33.7. The van der Waals surface area contributed by atoms with Crippen molar-refractivity contribution in [1.29, 1.82) is 0 Å². The molecule has 16 heterocycles. The van der Waals surface area contributed by atoms with Gasteiger partial charge in [0.1, 0.15) is 0 Å². The Bertz CT molecular complexity index is 5880. The Labute approximate surface area is 862 Å². The van der Waals surface area contributed by atoms with Crippen molar-refractivity contribution < 1.29 is 61.2 Å². The zero-order valence-corrected chi connectivity index (χ0v) is 86.5.